The van der Waals surface area contributed by atoms with Crippen molar-refractivity contribution in [1.82, 2.24) is 20.2 Å². The van der Waals surface area contributed by atoms with Gasteiger partial charge in [0.15, 0.2) is 0 Å². The molecule has 0 amide bonds. The van der Waals surface area contributed by atoms with E-state index in [0.29, 0.717) is 30.8 Å². The van der Waals surface area contributed by atoms with Crippen LogP contribution < -0.4 is 10.2 Å². The second-order valence-electron chi connectivity index (χ2n) is 9.49. The molecule has 3 aromatic rings. The van der Waals surface area contributed by atoms with Crippen LogP contribution in [0.3, 0.4) is 0 Å². The van der Waals surface area contributed by atoms with Gasteiger partial charge in [-0.3, -0.25) is 9.88 Å². The number of nitrogens with one attached hydrogen (secondary N) is 1. The van der Waals surface area contributed by atoms with Crippen LogP contribution in [0.25, 0.3) is 11.3 Å². The molecule has 36 heavy (non-hydrogen) atoms. The molecule has 0 saturated carbocycles. The van der Waals surface area contributed by atoms with E-state index >= 15 is 0 Å². The maximum absolute atomic E-state index is 14.3. The number of aromatic nitrogens is 2. The molecule has 0 aliphatic carbocycles. The van der Waals surface area contributed by atoms with Crippen LogP contribution in [0.4, 0.5) is 23.2 Å². The van der Waals surface area contributed by atoms with Gasteiger partial charge in [0.1, 0.15) is 5.82 Å². The molecule has 0 bridgehead atoms. The zero-order chi connectivity index (χ0) is 25.3. The van der Waals surface area contributed by atoms with Crippen LogP contribution in [0, 0.1) is 5.82 Å². The van der Waals surface area contributed by atoms with E-state index in [1.807, 2.05) is 6.07 Å². The number of hydrogen-bond donors (Lipinski definition) is 1. The number of likely N-dealkylation sites (tertiary alicyclic amines) is 1. The average molecular weight is 520 g/mol. The number of pyridine rings is 1. The number of thiazole rings is 1. The zero-order valence-electron chi connectivity index (χ0n) is 20.1. The smallest absolute Gasteiger partial charge is 0.369 e. The highest BCUT2D eigenvalue weighted by molar-refractivity contribution is 7.12. The van der Waals surface area contributed by atoms with Gasteiger partial charge in [-0.05, 0) is 56.6 Å². The molecule has 2 aromatic heterocycles. The van der Waals surface area contributed by atoms with Crippen molar-refractivity contribution in [2.45, 2.75) is 44.9 Å². The lowest BCUT2D eigenvalue weighted by molar-refractivity contribution is -0.137. The predicted molar refractivity (Wildman–Crippen MR) is 134 cm³/mol. The van der Waals surface area contributed by atoms with Crippen LogP contribution in [0.15, 0.2) is 36.5 Å². The van der Waals surface area contributed by atoms with Crippen LogP contribution in [-0.4, -0.2) is 53.6 Å². The van der Waals surface area contributed by atoms with Crippen LogP contribution in [0.2, 0.25) is 0 Å². The van der Waals surface area contributed by atoms with E-state index in [1.54, 1.807) is 6.20 Å². The van der Waals surface area contributed by atoms with Crippen LogP contribution in [-0.2, 0) is 19.1 Å². The average Bonchev–Trinajstić information content (AvgIpc) is 3.44. The van der Waals surface area contributed by atoms with Crippen molar-refractivity contribution in [3.63, 3.8) is 0 Å². The Kier molecular flexibility index (Phi) is 7.28. The van der Waals surface area contributed by atoms with E-state index < -0.39 is 17.6 Å². The summed E-state index contributed by atoms with van der Waals surface area (Å²) in [5.41, 5.74) is 1.54. The fourth-order valence-corrected chi connectivity index (χ4v) is 6.08. The van der Waals surface area contributed by atoms with Gasteiger partial charge in [0.2, 0.25) is 0 Å². The maximum atomic E-state index is 14.3. The van der Waals surface area contributed by atoms with Crippen molar-refractivity contribution in [1.29, 1.82) is 0 Å². The molecule has 2 fully saturated rings. The lowest BCUT2D eigenvalue weighted by atomic mass is 10.1. The summed E-state index contributed by atoms with van der Waals surface area (Å²) >= 11 is 1.48. The largest absolute Gasteiger partial charge is 0.416 e. The Morgan fingerprint density at radius 1 is 1.11 bits per heavy atom. The van der Waals surface area contributed by atoms with Gasteiger partial charge in [-0.2, -0.15) is 13.2 Å². The Morgan fingerprint density at radius 3 is 2.64 bits per heavy atom. The summed E-state index contributed by atoms with van der Waals surface area (Å²) in [5, 5.41) is 4.11. The maximum Gasteiger partial charge on any atom is 0.416 e. The number of anilines is 1. The number of rotatable bonds is 6. The van der Waals surface area contributed by atoms with Crippen LogP contribution in [0.1, 0.15) is 40.9 Å². The van der Waals surface area contributed by atoms with Crippen LogP contribution in [0.5, 0.6) is 0 Å². The van der Waals surface area contributed by atoms with Crippen molar-refractivity contribution in [3.05, 3.63) is 63.5 Å². The van der Waals surface area contributed by atoms with Gasteiger partial charge < -0.3 is 10.2 Å². The summed E-state index contributed by atoms with van der Waals surface area (Å²) in [6, 6.07) is 7.12. The Labute approximate surface area is 212 Å². The summed E-state index contributed by atoms with van der Waals surface area (Å²) in [6.07, 6.45) is -0.205. The number of piperazine rings is 1. The highest BCUT2D eigenvalue weighted by atomic mass is 32.1. The molecule has 5 rings (SSSR count). The fraction of sp³-hybridized carbons (Fsp3) is 0.462. The molecular weight excluding hydrogens is 490 g/mol. The van der Waals surface area contributed by atoms with E-state index in [4.69, 9.17) is 4.98 Å². The monoisotopic (exact) mass is 519 g/mol. The summed E-state index contributed by atoms with van der Waals surface area (Å²) in [7, 11) is 0. The molecule has 1 aromatic carbocycles. The summed E-state index contributed by atoms with van der Waals surface area (Å²) in [6.45, 7) is 7.37. The number of halogens is 4. The standard InChI is InChI=1S/C26H29F4N5S/c1-17-3-2-8-35(17)16-23-25(18-11-19(26(28,29)30)13-20(27)12-18)33-24(36-23)15-21-14-22(4-5-32-21)34-9-6-31-7-10-34/h4-5,11-14,17,31H,2-3,6-10,15-16H2,1H3/t17-/m1/s1. The summed E-state index contributed by atoms with van der Waals surface area (Å²) < 4.78 is 54.5. The fourth-order valence-electron chi connectivity index (χ4n) is 4.95. The van der Waals surface area contributed by atoms with Crippen molar-refractivity contribution >= 4 is 17.0 Å². The van der Waals surface area contributed by atoms with Gasteiger partial charge in [0, 0.05) is 73.2 Å². The third kappa shape index (κ3) is 5.71. The Hall–Kier alpha value is -2.56. The first kappa shape index (κ1) is 25.1. The number of benzene rings is 1. The molecule has 5 nitrogen and oxygen atoms in total. The SMILES string of the molecule is C[C@@H]1CCCN1Cc1sc(Cc2cc(N3CCNCC3)ccn2)nc1-c1cc(F)cc(C(F)(F)F)c1. The number of nitrogens with zero attached hydrogens (tertiary/aromatic N) is 4. The van der Waals surface area contributed by atoms with Gasteiger partial charge >= 0.3 is 6.18 Å². The zero-order valence-corrected chi connectivity index (χ0v) is 20.9. The minimum atomic E-state index is -4.63. The van der Waals surface area contributed by atoms with Gasteiger partial charge in [0.05, 0.1) is 16.3 Å². The minimum Gasteiger partial charge on any atom is -0.369 e. The quantitative estimate of drug-likeness (QED) is 0.445. The van der Waals surface area contributed by atoms with Gasteiger partial charge in [-0.25, -0.2) is 9.37 Å². The molecule has 10 heteroatoms. The molecule has 0 spiro atoms. The van der Waals surface area contributed by atoms with E-state index in [9.17, 15) is 17.6 Å². The normalized spacial score (nSPS) is 19.2. The molecule has 1 atom stereocenters. The Morgan fingerprint density at radius 2 is 1.92 bits per heavy atom. The van der Waals surface area contributed by atoms with Gasteiger partial charge in [-0.1, -0.05) is 0 Å². The molecule has 2 aliphatic heterocycles. The third-order valence-electron chi connectivity index (χ3n) is 6.89. The highest BCUT2D eigenvalue weighted by Crippen LogP contribution is 2.37. The van der Waals surface area contributed by atoms with Gasteiger partial charge in [-0.15, -0.1) is 11.3 Å². The minimum absolute atomic E-state index is 0.161. The third-order valence-corrected chi connectivity index (χ3v) is 7.93. The predicted octanol–water partition coefficient (Wildman–Crippen LogP) is 5.35. The molecule has 2 aliphatic rings. The summed E-state index contributed by atoms with van der Waals surface area (Å²) in [4.78, 5) is 14.7. The number of hydrogen-bond acceptors (Lipinski definition) is 6. The van der Waals surface area contributed by atoms with E-state index in [-0.39, 0.29) is 5.56 Å². The molecule has 192 valence electrons. The van der Waals surface area contributed by atoms with E-state index in [1.165, 1.54) is 11.3 Å². The van der Waals surface area contributed by atoms with Crippen molar-refractivity contribution in [3.8, 4) is 11.3 Å². The topological polar surface area (TPSA) is 44.3 Å². The Bertz CT molecular complexity index is 1210. The Balaban J connectivity index is 1.47. The molecule has 0 unspecified atom stereocenters. The number of alkyl halides is 3. The lowest BCUT2D eigenvalue weighted by Crippen LogP contribution is -2.43. The van der Waals surface area contributed by atoms with E-state index in [2.05, 4.69) is 33.1 Å². The molecule has 1 N–H and O–H groups in total. The first-order valence-electron chi connectivity index (χ1n) is 12.3. The van der Waals surface area contributed by atoms with E-state index in [0.717, 1.165) is 79.0 Å². The first-order chi connectivity index (χ1) is 17.3. The van der Waals surface area contributed by atoms with Crippen molar-refractivity contribution in [2.24, 2.45) is 0 Å². The first-order valence-corrected chi connectivity index (χ1v) is 13.1. The second kappa shape index (κ2) is 10.4. The van der Waals surface area contributed by atoms with Crippen molar-refractivity contribution in [2.75, 3.05) is 37.6 Å². The molecular formula is C26H29F4N5S. The highest BCUT2D eigenvalue weighted by Gasteiger charge is 2.32. The second-order valence-corrected chi connectivity index (χ2v) is 10.7. The van der Waals surface area contributed by atoms with Crippen molar-refractivity contribution < 1.29 is 17.6 Å². The van der Waals surface area contributed by atoms with Crippen LogP contribution >= 0.6 is 11.3 Å². The summed E-state index contributed by atoms with van der Waals surface area (Å²) in [5.74, 6) is -0.916. The lowest BCUT2D eigenvalue weighted by Gasteiger charge is -2.29. The molecule has 2 saturated heterocycles. The van der Waals surface area contributed by atoms with Gasteiger partial charge in [0.25, 0.3) is 0 Å². The molecule has 0 radical (unpaired) electrons. The molecule has 4 heterocycles.